The zero-order valence-electron chi connectivity index (χ0n) is 11.3. The standard InChI is InChI=1S/C15H15N3O3/c19-14(17-9-4-7-13(17)15(20)21)12-8-10-18(16-12)11-5-2-1-3-6-11/h1-3,5-6,8,10,13H,4,7,9H2,(H,20,21). The average Bonchev–Trinajstić information content (AvgIpc) is 3.17. The number of aromatic nitrogens is 2. The van der Waals surface area contributed by atoms with E-state index in [0.717, 1.165) is 5.69 Å². The summed E-state index contributed by atoms with van der Waals surface area (Å²) >= 11 is 0. The first-order chi connectivity index (χ1) is 10.2. The van der Waals surface area contributed by atoms with E-state index in [0.29, 0.717) is 19.4 Å². The zero-order chi connectivity index (χ0) is 14.8. The summed E-state index contributed by atoms with van der Waals surface area (Å²) in [4.78, 5) is 24.9. The number of rotatable bonds is 3. The molecule has 0 radical (unpaired) electrons. The summed E-state index contributed by atoms with van der Waals surface area (Å²) in [6.45, 7) is 0.466. The van der Waals surface area contributed by atoms with Gasteiger partial charge in [0.25, 0.3) is 5.91 Å². The van der Waals surface area contributed by atoms with E-state index in [2.05, 4.69) is 5.10 Å². The van der Waals surface area contributed by atoms with E-state index in [1.165, 1.54) is 4.90 Å². The van der Waals surface area contributed by atoms with Crippen LogP contribution in [0.1, 0.15) is 23.3 Å². The van der Waals surface area contributed by atoms with Gasteiger partial charge in [-0.3, -0.25) is 4.79 Å². The molecule has 1 amide bonds. The van der Waals surface area contributed by atoms with Crippen LogP contribution >= 0.6 is 0 Å². The molecule has 21 heavy (non-hydrogen) atoms. The minimum absolute atomic E-state index is 0.270. The van der Waals surface area contributed by atoms with Crippen molar-refractivity contribution in [3.05, 3.63) is 48.3 Å². The predicted molar refractivity (Wildman–Crippen MR) is 75.3 cm³/mol. The third-order valence-corrected chi connectivity index (χ3v) is 3.63. The van der Waals surface area contributed by atoms with Crippen LogP contribution in [0.15, 0.2) is 42.6 Å². The van der Waals surface area contributed by atoms with Crippen molar-refractivity contribution in [1.29, 1.82) is 0 Å². The number of carboxylic acid groups (broad SMARTS) is 1. The summed E-state index contributed by atoms with van der Waals surface area (Å²) in [5.41, 5.74) is 1.12. The molecular formula is C15H15N3O3. The molecule has 1 atom stereocenters. The van der Waals surface area contributed by atoms with Crippen LogP contribution in [0.4, 0.5) is 0 Å². The Bertz CT molecular complexity index is 666. The van der Waals surface area contributed by atoms with E-state index in [1.54, 1.807) is 16.9 Å². The summed E-state index contributed by atoms with van der Waals surface area (Å²) in [5.74, 6) is -1.28. The first kappa shape index (κ1) is 13.4. The molecule has 1 aliphatic heterocycles. The molecule has 0 aliphatic carbocycles. The summed E-state index contributed by atoms with van der Waals surface area (Å²) in [5, 5.41) is 13.4. The molecule has 1 aromatic heterocycles. The number of carbonyl (C=O) groups is 2. The number of hydrogen-bond acceptors (Lipinski definition) is 3. The lowest BCUT2D eigenvalue weighted by Gasteiger charge is -2.20. The van der Waals surface area contributed by atoms with E-state index < -0.39 is 12.0 Å². The normalized spacial score (nSPS) is 17.9. The smallest absolute Gasteiger partial charge is 0.326 e. The molecule has 3 rings (SSSR count). The maximum absolute atomic E-state index is 12.4. The lowest BCUT2D eigenvalue weighted by atomic mass is 10.2. The van der Waals surface area contributed by atoms with Crippen molar-refractivity contribution in [3.8, 4) is 5.69 Å². The van der Waals surface area contributed by atoms with Gasteiger partial charge in [-0.1, -0.05) is 18.2 Å². The van der Waals surface area contributed by atoms with Crippen LogP contribution in [0.5, 0.6) is 0 Å². The average molecular weight is 285 g/mol. The van der Waals surface area contributed by atoms with Gasteiger partial charge in [-0.05, 0) is 31.0 Å². The van der Waals surface area contributed by atoms with Gasteiger partial charge in [0.05, 0.1) is 5.69 Å². The highest BCUT2D eigenvalue weighted by molar-refractivity contribution is 5.95. The molecule has 0 saturated carbocycles. The topological polar surface area (TPSA) is 75.4 Å². The lowest BCUT2D eigenvalue weighted by Crippen LogP contribution is -2.40. The number of carbonyl (C=O) groups excluding carboxylic acids is 1. The predicted octanol–water partition coefficient (Wildman–Crippen LogP) is 1.56. The molecular weight excluding hydrogens is 270 g/mol. The Morgan fingerprint density at radius 2 is 1.95 bits per heavy atom. The monoisotopic (exact) mass is 285 g/mol. The number of likely N-dealkylation sites (tertiary alicyclic amines) is 1. The van der Waals surface area contributed by atoms with E-state index in [4.69, 9.17) is 5.11 Å². The molecule has 6 nitrogen and oxygen atoms in total. The number of benzene rings is 1. The maximum Gasteiger partial charge on any atom is 0.326 e. The summed E-state index contributed by atoms with van der Waals surface area (Å²) in [7, 11) is 0. The number of hydrogen-bond donors (Lipinski definition) is 1. The molecule has 2 aromatic rings. The zero-order valence-corrected chi connectivity index (χ0v) is 11.3. The van der Waals surface area contributed by atoms with Crippen LogP contribution in [-0.4, -0.2) is 44.3 Å². The first-order valence-electron chi connectivity index (χ1n) is 6.81. The van der Waals surface area contributed by atoms with Crippen molar-refractivity contribution < 1.29 is 14.7 Å². The van der Waals surface area contributed by atoms with Gasteiger partial charge in [-0.15, -0.1) is 0 Å². The Morgan fingerprint density at radius 3 is 2.67 bits per heavy atom. The van der Waals surface area contributed by atoms with Crippen molar-refractivity contribution in [2.24, 2.45) is 0 Å². The van der Waals surface area contributed by atoms with Crippen molar-refractivity contribution in [3.63, 3.8) is 0 Å². The molecule has 108 valence electrons. The first-order valence-corrected chi connectivity index (χ1v) is 6.81. The third kappa shape index (κ3) is 2.52. The molecule has 1 unspecified atom stereocenters. The van der Waals surface area contributed by atoms with Crippen LogP contribution in [0.3, 0.4) is 0 Å². The molecule has 6 heteroatoms. The van der Waals surface area contributed by atoms with E-state index in [-0.39, 0.29) is 11.6 Å². The van der Waals surface area contributed by atoms with Crippen LogP contribution in [-0.2, 0) is 4.79 Å². The Kier molecular flexibility index (Phi) is 3.43. The molecule has 0 spiro atoms. The summed E-state index contributed by atoms with van der Waals surface area (Å²) in [6, 6.07) is 10.3. The van der Waals surface area contributed by atoms with Crippen LogP contribution in [0.25, 0.3) is 5.69 Å². The quantitative estimate of drug-likeness (QED) is 0.928. The number of carboxylic acids is 1. The second-order valence-electron chi connectivity index (χ2n) is 4.98. The molecule has 1 fully saturated rings. The Morgan fingerprint density at radius 1 is 1.19 bits per heavy atom. The summed E-state index contributed by atoms with van der Waals surface area (Å²) in [6.07, 6.45) is 2.91. The molecule has 1 aliphatic rings. The highest BCUT2D eigenvalue weighted by atomic mass is 16.4. The van der Waals surface area contributed by atoms with Gasteiger partial charge < -0.3 is 10.0 Å². The molecule has 1 aromatic carbocycles. The Labute approximate surface area is 121 Å². The molecule has 0 bridgehead atoms. The lowest BCUT2D eigenvalue weighted by molar-refractivity contribution is -0.141. The largest absolute Gasteiger partial charge is 0.480 e. The molecule has 2 heterocycles. The molecule has 1 N–H and O–H groups in total. The van der Waals surface area contributed by atoms with Gasteiger partial charge in [-0.25, -0.2) is 9.48 Å². The van der Waals surface area contributed by atoms with Crippen LogP contribution in [0.2, 0.25) is 0 Å². The number of para-hydroxylation sites is 1. The van der Waals surface area contributed by atoms with Crippen molar-refractivity contribution in [1.82, 2.24) is 14.7 Å². The van der Waals surface area contributed by atoms with E-state index in [1.807, 2.05) is 30.3 Å². The number of aliphatic carboxylic acids is 1. The van der Waals surface area contributed by atoms with Gasteiger partial charge in [-0.2, -0.15) is 5.10 Å². The molecule has 1 saturated heterocycles. The minimum Gasteiger partial charge on any atom is -0.480 e. The second-order valence-corrected chi connectivity index (χ2v) is 4.98. The fourth-order valence-electron chi connectivity index (χ4n) is 2.58. The van der Waals surface area contributed by atoms with Gasteiger partial charge in [0.1, 0.15) is 6.04 Å². The van der Waals surface area contributed by atoms with Crippen LogP contribution in [0, 0.1) is 0 Å². The van der Waals surface area contributed by atoms with Gasteiger partial charge in [0, 0.05) is 12.7 Å². The van der Waals surface area contributed by atoms with Gasteiger partial charge in [0.2, 0.25) is 0 Å². The SMILES string of the molecule is O=C(O)C1CCCN1C(=O)c1ccn(-c2ccccc2)n1. The van der Waals surface area contributed by atoms with Crippen molar-refractivity contribution >= 4 is 11.9 Å². The summed E-state index contributed by atoms with van der Waals surface area (Å²) < 4.78 is 1.61. The van der Waals surface area contributed by atoms with Crippen molar-refractivity contribution in [2.75, 3.05) is 6.54 Å². The van der Waals surface area contributed by atoms with Gasteiger partial charge in [0.15, 0.2) is 5.69 Å². The van der Waals surface area contributed by atoms with E-state index >= 15 is 0 Å². The second kappa shape index (κ2) is 5.40. The van der Waals surface area contributed by atoms with Crippen molar-refractivity contribution in [2.45, 2.75) is 18.9 Å². The fourth-order valence-corrected chi connectivity index (χ4v) is 2.58. The minimum atomic E-state index is -0.955. The highest BCUT2D eigenvalue weighted by Gasteiger charge is 2.35. The Balaban J connectivity index is 1.83. The highest BCUT2D eigenvalue weighted by Crippen LogP contribution is 2.20. The van der Waals surface area contributed by atoms with E-state index in [9.17, 15) is 9.59 Å². The van der Waals surface area contributed by atoms with Crippen LogP contribution < -0.4 is 0 Å². The maximum atomic E-state index is 12.4. The number of amides is 1. The van der Waals surface area contributed by atoms with Gasteiger partial charge >= 0.3 is 5.97 Å². The third-order valence-electron chi connectivity index (χ3n) is 3.63. The Hall–Kier alpha value is -2.63. The fraction of sp³-hybridized carbons (Fsp3) is 0.267. The number of nitrogens with zero attached hydrogens (tertiary/aromatic N) is 3.